The molecule has 2 fully saturated rings. The molecule has 0 aromatic carbocycles. The molecule has 1 atom stereocenters. The van der Waals surface area contributed by atoms with Gasteiger partial charge in [-0.25, -0.2) is 0 Å². The van der Waals surface area contributed by atoms with E-state index in [1.54, 1.807) is 0 Å². The molecule has 1 N–H and O–H groups in total. The molecule has 0 spiro atoms. The van der Waals surface area contributed by atoms with Gasteiger partial charge in [-0.1, -0.05) is 6.42 Å². The largest absolute Gasteiger partial charge is 0.396 e. The first-order chi connectivity index (χ1) is 7.29. The molecule has 1 amide bonds. The van der Waals surface area contributed by atoms with Gasteiger partial charge in [0, 0.05) is 26.1 Å². The predicted molar refractivity (Wildman–Crippen MR) is 58.3 cm³/mol. The van der Waals surface area contributed by atoms with E-state index in [-0.39, 0.29) is 6.61 Å². The maximum absolute atomic E-state index is 11.9. The Kier molecular flexibility index (Phi) is 3.62. The van der Waals surface area contributed by atoms with Crippen molar-refractivity contribution in [3.8, 4) is 0 Å². The second-order valence-electron chi connectivity index (χ2n) is 5.03. The molecule has 1 aliphatic heterocycles. The molecular weight excluding hydrogens is 190 g/mol. The molecule has 86 valence electrons. The number of aliphatic hydroxyl groups is 1. The van der Waals surface area contributed by atoms with Crippen molar-refractivity contribution < 1.29 is 9.90 Å². The number of carbonyl (C=O) groups is 1. The lowest BCUT2D eigenvalue weighted by atomic mass is 9.82. The van der Waals surface area contributed by atoms with Crippen LogP contribution in [0.4, 0.5) is 0 Å². The number of hydrogen-bond donors (Lipinski definition) is 1. The summed E-state index contributed by atoms with van der Waals surface area (Å²) in [5.41, 5.74) is 0. The molecule has 1 heterocycles. The second kappa shape index (κ2) is 4.97. The van der Waals surface area contributed by atoms with Crippen molar-refractivity contribution in [2.24, 2.45) is 11.8 Å². The number of nitrogens with zero attached hydrogens (tertiary/aromatic N) is 1. The SMILES string of the molecule is O=C(CC1CCC1)N1CCCC(CO)C1. The summed E-state index contributed by atoms with van der Waals surface area (Å²) in [6, 6.07) is 0. The van der Waals surface area contributed by atoms with Gasteiger partial charge >= 0.3 is 0 Å². The number of likely N-dealkylation sites (tertiary alicyclic amines) is 1. The van der Waals surface area contributed by atoms with Crippen molar-refractivity contribution in [3.05, 3.63) is 0 Å². The van der Waals surface area contributed by atoms with Crippen molar-refractivity contribution in [2.45, 2.75) is 38.5 Å². The predicted octanol–water partition coefficient (Wildman–Crippen LogP) is 1.41. The summed E-state index contributed by atoms with van der Waals surface area (Å²) in [5.74, 6) is 1.30. The zero-order chi connectivity index (χ0) is 10.7. The Balaban J connectivity index is 1.78. The zero-order valence-electron chi connectivity index (χ0n) is 9.32. The lowest BCUT2D eigenvalue weighted by Gasteiger charge is -2.34. The van der Waals surface area contributed by atoms with Gasteiger partial charge in [0.15, 0.2) is 0 Å². The van der Waals surface area contributed by atoms with Gasteiger partial charge in [-0.2, -0.15) is 0 Å². The quantitative estimate of drug-likeness (QED) is 0.766. The van der Waals surface area contributed by atoms with Crippen LogP contribution in [-0.4, -0.2) is 35.6 Å². The Labute approximate surface area is 91.5 Å². The van der Waals surface area contributed by atoms with Crippen LogP contribution in [0.1, 0.15) is 38.5 Å². The molecule has 0 aromatic heterocycles. The topological polar surface area (TPSA) is 40.5 Å². The van der Waals surface area contributed by atoms with Crippen LogP contribution in [-0.2, 0) is 4.79 Å². The minimum absolute atomic E-state index is 0.229. The number of rotatable bonds is 3. The van der Waals surface area contributed by atoms with Crippen LogP contribution < -0.4 is 0 Å². The van der Waals surface area contributed by atoms with Crippen molar-refractivity contribution in [3.63, 3.8) is 0 Å². The van der Waals surface area contributed by atoms with Crippen molar-refractivity contribution in [1.29, 1.82) is 0 Å². The summed E-state index contributed by atoms with van der Waals surface area (Å²) in [6.45, 7) is 1.91. The van der Waals surface area contributed by atoms with Gasteiger partial charge in [0.05, 0.1) is 0 Å². The van der Waals surface area contributed by atoms with Crippen LogP contribution in [0, 0.1) is 11.8 Å². The number of amides is 1. The van der Waals surface area contributed by atoms with Crippen LogP contribution in [0.25, 0.3) is 0 Å². The Hall–Kier alpha value is -0.570. The summed E-state index contributed by atoms with van der Waals surface area (Å²) >= 11 is 0. The van der Waals surface area contributed by atoms with Gasteiger partial charge in [-0.15, -0.1) is 0 Å². The van der Waals surface area contributed by atoms with Crippen LogP contribution in [0.5, 0.6) is 0 Å². The van der Waals surface area contributed by atoms with E-state index >= 15 is 0 Å². The summed E-state index contributed by atoms with van der Waals surface area (Å²) in [7, 11) is 0. The third kappa shape index (κ3) is 2.71. The lowest BCUT2D eigenvalue weighted by Crippen LogP contribution is -2.41. The number of carbonyl (C=O) groups excluding carboxylic acids is 1. The van der Waals surface area contributed by atoms with Gasteiger partial charge in [0.1, 0.15) is 0 Å². The van der Waals surface area contributed by atoms with E-state index in [0.717, 1.165) is 32.4 Å². The summed E-state index contributed by atoms with van der Waals surface area (Å²) < 4.78 is 0. The van der Waals surface area contributed by atoms with Gasteiger partial charge in [-0.3, -0.25) is 4.79 Å². The molecule has 2 aliphatic rings. The van der Waals surface area contributed by atoms with E-state index in [2.05, 4.69) is 0 Å². The van der Waals surface area contributed by atoms with Crippen LogP contribution >= 0.6 is 0 Å². The third-order valence-corrected chi connectivity index (χ3v) is 3.82. The number of piperidine rings is 1. The molecule has 2 rings (SSSR count). The fourth-order valence-corrected chi connectivity index (χ4v) is 2.51. The molecule has 0 bridgehead atoms. The van der Waals surface area contributed by atoms with E-state index in [4.69, 9.17) is 5.11 Å². The molecule has 15 heavy (non-hydrogen) atoms. The number of hydrogen-bond acceptors (Lipinski definition) is 2. The Bertz CT molecular complexity index is 226. The fraction of sp³-hybridized carbons (Fsp3) is 0.917. The lowest BCUT2D eigenvalue weighted by molar-refractivity contribution is -0.134. The molecular formula is C12H21NO2. The summed E-state index contributed by atoms with van der Waals surface area (Å²) in [4.78, 5) is 13.9. The van der Waals surface area contributed by atoms with E-state index in [0.29, 0.717) is 17.7 Å². The highest BCUT2D eigenvalue weighted by atomic mass is 16.3. The Morgan fingerprint density at radius 3 is 2.53 bits per heavy atom. The van der Waals surface area contributed by atoms with Gasteiger partial charge in [0.25, 0.3) is 0 Å². The molecule has 0 radical (unpaired) electrons. The van der Waals surface area contributed by atoms with E-state index in [9.17, 15) is 4.79 Å². The van der Waals surface area contributed by atoms with E-state index in [1.165, 1.54) is 19.3 Å². The van der Waals surface area contributed by atoms with E-state index < -0.39 is 0 Å². The Morgan fingerprint density at radius 2 is 1.93 bits per heavy atom. The smallest absolute Gasteiger partial charge is 0.222 e. The minimum atomic E-state index is 0.229. The molecule has 1 unspecified atom stereocenters. The first-order valence-corrected chi connectivity index (χ1v) is 6.18. The molecule has 1 saturated heterocycles. The zero-order valence-corrected chi connectivity index (χ0v) is 9.32. The van der Waals surface area contributed by atoms with Gasteiger partial charge < -0.3 is 10.0 Å². The second-order valence-corrected chi connectivity index (χ2v) is 5.03. The van der Waals surface area contributed by atoms with Gasteiger partial charge in [-0.05, 0) is 37.5 Å². The van der Waals surface area contributed by atoms with Crippen LogP contribution in [0.3, 0.4) is 0 Å². The monoisotopic (exact) mass is 211 g/mol. The van der Waals surface area contributed by atoms with Crippen molar-refractivity contribution >= 4 is 5.91 Å². The van der Waals surface area contributed by atoms with Crippen LogP contribution in [0.15, 0.2) is 0 Å². The Morgan fingerprint density at radius 1 is 1.20 bits per heavy atom. The highest BCUT2D eigenvalue weighted by Gasteiger charge is 2.27. The molecule has 3 heteroatoms. The average molecular weight is 211 g/mol. The highest BCUT2D eigenvalue weighted by molar-refractivity contribution is 5.76. The minimum Gasteiger partial charge on any atom is -0.396 e. The normalized spacial score (nSPS) is 27.5. The average Bonchev–Trinajstić information content (AvgIpc) is 2.23. The maximum atomic E-state index is 11.9. The molecule has 1 saturated carbocycles. The van der Waals surface area contributed by atoms with Gasteiger partial charge in [0.2, 0.25) is 5.91 Å². The summed E-state index contributed by atoms with van der Waals surface area (Å²) in [5, 5.41) is 9.09. The van der Waals surface area contributed by atoms with Crippen LogP contribution in [0.2, 0.25) is 0 Å². The first-order valence-electron chi connectivity index (χ1n) is 6.18. The van der Waals surface area contributed by atoms with Crippen molar-refractivity contribution in [2.75, 3.05) is 19.7 Å². The molecule has 3 nitrogen and oxygen atoms in total. The molecule has 0 aromatic rings. The number of aliphatic hydroxyl groups excluding tert-OH is 1. The standard InChI is InChI=1S/C12H21NO2/c14-9-11-5-2-6-13(8-11)12(15)7-10-3-1-4-10/h10-11,14H,1-9H2. The first kappa shape index (κ1) is 10.9. The third-order valence-electron chi connectivity index (χ3n) is 3.82. The van der Waals surface area contributed by atoms with Crippen molar-refractivity contribution in [1.82, 2.24) is 4.90 Å². The highest BCUT2D eigenvalue weighted by Crippen LogP contribution is 2.30. The molecule has 1 aliphatic carbocycles. The fourth-order valence-electron chi connectivity index (χ4n) is 2.51. The maximum Gasteiger partial charge on any atom is 0.222 e. The summed E-state index contributed by atoms with van der Waals surface area (Å²) in [6.07, 6.45) is 6.66. The van der Waals surface area contributed by atoms with E-state index in [1.807, 2.05) is 4.90 Å².